The standard InChI is InChI=1S/C16H12ClFN4S/c17-15-4-2-1-3-13(15)10-23-16-21-19-11-22(16)20-9-12-5-7-14(18)8-6-12/h1-9,11H,10H2/b20-9-. The van der Waals surface area contributed by atoms with Gasteiger partial charge in [0.1, 0.15) is 12.1 Å². The lowest BCUT2D eigenvalue weighted by molar-refractivity contribution is 0.628. The van der Waals surface area contributed by atoms with Gasteiger partial charge in [-0.15, -0.1) is 10.2 Å². The van der Waals surface area contributed by atoms with Crippen LogP contribution in [0.25, 0.3) is 0 Å². The first-order valence-electron chi connectivity index (χ1n) is 6.78. The summed E-state index contributed by atoms with van der Waals surface area (Å²) in [6.45, 7) is 0. The molecule has 3 aromatic rings. The Bertz CT molecular complexity index is 817. The number of hydrogen-bond acceptors (Lipinski definition) is 4. The number of halogens is 2. The molecule has 1 heterocycles. The normalized spacial score (nSPS) is 11.2. The highest BCUT2D eigenvalue weighted by molar-refractivity contribution is 7.98. The fourth-order valence-corrected chi connectivity index (χ4v) is 2.98. The first kappa shape index (κ1) is 15.7. The van der Waals surface area contributed by atoms with Crippen LogP contribution in [0.15, 0.2) is 65.1 Å². The van der Waals surface area contributed by atoms with Crippen molar-refractivity contribution in [1.82, 2.24) is 14.9 Å². The maximum atomic E-state index is 12.9. The van der Waals surface area contributed by atoms with Crippen LogP contribution in [0.3, 0.4) is 0 Å². The summed E-state index contributed by atoms with van der Waals surface area (Å²) in [4.78, 5) is 0. The molecule has 0 saturated carbocycles. The lowest BCUT2D eigenvalue weighted by Gasteiger charge is -2.03. The largest absolute Gasteiger partial charge is 0.212 e. The van der Waals surface area contributed by atoms with E-state index in [9.17, 15) is 4.39 Å². The minimum Gasteiger partial charge on any atom is -0.207 e. The highest BCUT2D eigenvalue weighted by Crippen LogP contribution is 2.25. The Balaban J connectivity index is 1.70. The first-order chi connectivity index (χ1) is 11.2. The summed E-state index contributed by atoms with van der Waals surface area (Å²) in [7, 11) is 0. The van der Waals surface area contributed by atoms with Crippen LogP contribution in [0.2, 0.25) is 5.02 Å². The second kappa shape index (κ2) is 7.39. The number of rotatable bonds is 5. The van der Waals surface area contributed by atoms with E-state index in [-0.39, 0.29) is 5.82 Å². The molecule has 0 radical (unpaired) electrons. The van der Waals surface area contributed by atoms with Crippen molar-refractivity contribution in [2.75, 3.05) is 0 Å². The van der Waals surface area contributed by atoms with E-state index in [0.717, 1.165) is 16.1 Å². The molecule has 116 valence electrons. The molecule has 3 rings (SSSR count). The second-order valence-electron chi connectivity index (χ2n) is 4.63. The maximum Gasteiger partial charge on any atom is 0.212 e. The molecule has 2 aromatic carbocycles. The summed E-state index contributed by atoms with van der Waals surface area (Å²) in [6.07, 6.45) is 3.15. The summed E-state index contributed by atoms with van der Waals surface area (Å²) >= 11 is 7.63. The second-order valence-corrected chi connectivity index (χ2v) is 5.98. The van der Waals surface area contributed by atoms with Crippen molar-refractivity contribution in [2.24, 2.45) is 5.10 Å². The van der Waals surface area contributed by atoms with Gasteiger partial charge in [-0.05, 0) is 29.3 Å². The van der Waals surface area contributed by atoms with E-state index < -0.39 is 0 Å². The third-order valence-corrected chi connectivity index (χ3v) is 4.37. The van der Waals surface area contributed by atoms with Crippen LogP contribution in [0.5, 0.6) is 0 Å². The average molecular weight is 347 g/mol. The lowest BCUT2D eigenvalue weighted by atomic mass is 10.2. The molecule has 0 saturated heterocycles. The zero-order valence-electron chi connectivity index (χ0n) is 11.9. The van der Waals surface area contributed by atoms with E-state index in [1.54, 1.807) is 23.0 Å². The van der Waals surface area contributed by atoms with Crippen molar-refractivity contribution in [3.05, 3.63) is 76.8 Å². The van der Waals surface area contributed by atoms with Gasteiger partial charge in [-0.25, -0.2) is 4.39 Å². The molecule has 0 aliphatic heterocycles. The molecule has 0 bridgehead atoms. The van der Waals surface area contributed by atoms with E-state index in [4.69, 9.17) is 11.6 Å². The molecule has 0 atom stereocenters. The zero-order valence-corrected chi connectivity index (χ0v) is 13.5. The highest BCUT2D eigenvalue weighted by Gasteiger charge is 2.06. The van der Waals surface area contributed by atoms with Gasteiger partial charge in [-0.1, -0.05) is 53.7 Å². The van der Waals surface area contributed by atoms with Crippen molar-refractivity contribution in [3.63, 3.8) is 0 Å². The number of benzene rings is 2. The van der Waals surface area contributed by atoms with Gasteiger partial charge in [-0.3, -0.25) is 0 Å². The average Bonchev–Trinajstić information content (AvgIpc) is 3.01. The van der Waals surface area contributed by atoms with Crippen LogP contribution in [0.4, 0.5) is 4.39 Å². The van der Waals surface area contributed by atoms with Crippen LogP contribution < -0.4 is 0 Å². The molecule has 7 heteroatoms. The Kier molecular flexibility index (Phi) is 5.05. The van der Waals surface area contributed by atoms with Gasteiger partial charge in [0, 0.05) is 10.8 Å². The predicted octanol–water partition coefficient (Wildman–Crippen LogP) is 4.25. The number of thioether (sulfide) groups is 1. The van der Waals surface area contributed by atoms with Crippen molar-refractivity contribution in [3.8, 4) is 0 Å². The molecule has 0 unspecified atom stereocenters. The molecule has 4 nitrogen and oxygen atoms in total. The summed E-state index contributed by atoms with van der Waals surface area (Å²) < 4.78 is 14.4. The SMILES string of the molecule is Fc1ccc(/C=N\n2cnnc2SCc2ccccc2Cl)cc1. The molecule has 0 spiro atoms. The van der Waals surface area contributed by atoms with E-state index >= 15 is 0 Å². The van der Waals surface area contributed by atoms with Gasteiger partial charge in [-0.2, -0.15) is 9.78 Å². The van der Waals surface area contributed by atoms with Crippen LogP contribution in [0.1, 0.15) is 11.1 Å². The van der Waals surface area contributed by atoms with Gasteiger partial charge in [0.25, 0.3) is 0 Å². The Morgan fingerprint density at radius 1 is 1.17 bits per heavy atom. The van der Waals surface area contributed by atoms with Crippen molar-refractivity contribution in [1.29, 1.82) is 0 Å². The smallest absolute Gasteiger partial charge is 0.207 e. The first-order valence-corrected chi connectivity index (χ1v) is 8.15. The molecule has 0 amide bonds. The molecular weight excluding hydrogens is 335 g/mol. The fraction of sp³-hybridized carbons (Fsp3) is 0.0625. The van der Waals surface area contributed by atoms with Crippen molar-refractivity contribution >= 4 is 29.6 Å². The van der Waals surface area contributed by atoms with E-state index in [1.807, 2.05) is 24.3 Å². The summed E-state index contributed by atoms with van der Waals surface area (Å²) in [5, 5.41) is 13.6. The Hall–Kier alpha value is -2.18. The quantitative estimate of drug-likeness (QED) is 0.512. The van der Waals surface area contributed by atoms with Gasteiger partial charge < -0.3 is 0 Å². The van der Waals surface area contributed by atoms with Gasteiger partial charge in [0.05, 0.1) is 6.21 Å². The van der Waals surface area contributed by atoms with E-state index in [1.165, 1.54) is 30.2 Å². The third kappa shape index (κ3) is 4.18. The van der Waals surface area contributed by atoms with Crippen LogP contribution >= 0.6 is 23.4 Å². The lowest BCUT2D eigenvalue weighted by Crippen LogP contribution is -1.93. The number of nitrogens with zero attached hydrogens (tertiary/aromatic N) is 4. The highest BCUT2D eigenvalue weighted by atomic mass is 35.5. The summed E-state index contributed by atoms with van der Waals surface area (Å²) in [5.74, 6) is 0.396. The molecule has 0 aliphatic rings. The van der Waals surface area contributed by atoms with Gasteiger partial charge >= 0.3 is 0 Å². The molecule has 1 aromatic heterocycles. The molecule has 0 N–H and O–H groups in total. The summed E-state index contributed by atoms with van der Waals surface area (Å²) in [6, 6.07) is 13.7. The Morgan fingerprint density at radius 2 is 1.96 bits per heavy atom. The topological polar surface area (TPSA) is 43.1 Å². The summed E-state index contributed by atoms with van der Waals surface area (Å²) in [5.41, 5.74) is 1.82. The monoisotopic (exact) mass is 346 g/mol. The maximum absolute atomic E-state index is 12.9. The minimum absolute atomic E-state index is 0.276. The number of hydrogen-bond donors (Lipinski definition) is 0. The minimum atomic E-state index is -0.276. The van der Waals surface area contributed by atoms with E-state index in [2.05, 4.69) is 15.3 Å². The van der Waals surface area contributed by atoms with Crippen LogP contribution in [-0.4, -0.2) is 21.1 Å². The van der Waals surface area contributed by atoms with E-state index in [0.29, 0.717) is 10.9 Å². The van der Waals surface area contributed by atoms with Crippen molar-refractivity contribution < 1.29 is 4.39 Å². The fourth-order valence-electron chi connectivity index (χ4n) is 1.83. The third-order valence-electron chi connectivity index (χ3n) is 3.02. The predicted molar refractivity (Wildman–Crippen MR) is 90.4 cm³/mol. The van der Waals surface area contributed by atoms with Gasteiger partial charge in [0.15, 0.2) is 0 Å². The van der Waals surface area contributed by atoms with Crippen LogP contribution in [0, 0.1) is 5.82 Å². The molecule has 23 heavy (non-hydrogen) atoms. The molecular formula is C16H12ClFN4S. The number of aromatic nitrogens is 3. The van der Waals surface area contributed by atoms with Crippen LogP contribution in [-0.2, 0) is 5.75 Å². The van der Waals surface area contributed by atoms with Gasteiger partial charge in [0.2, 0.25) is 5.16 Å². The zero-order chi connectivity index (χ0) is 16.1. The molecule has 0 aliphatic carbocycles. The Labute approximate surface area is 142 Å². The van der Waals surface area contributed by atoms with Crippen molar-refractivity contribution in [2.45, 2.75) is 10.9 Å². The molecule has 0 fully saturated rings. The Morgan fingerprint density at radius 3 is 2.74 bits per heavy atom.